The van der Waals surface area contributed by atoms with Crippen molar-refractivity contribution in [1.82, 2.24) is 4.98 Å². The molecule has 2 heterocycles. The van der Waals surface area contributed by atoms with Crippen molar-refractivity contribution in [3.63, 3.8) is 0 Å². The predicted molar refractivity (Wildman–Crippen MR) is 117 cm³/mol. The molecule has 1 aliphatic rings. The van der Waals surface area contributed by atoms with Crippen molar-refractivity contribution in [1.29, 1.82) is 0 Å². The molecule has 1 fully saturated rings. The zero-order chi connectivity index (χ0) is 20.2. The van der Waals surface area contributed by atoms with Gasteiger partial charge in [-0.3, -0.25) is 4.79 Å². The van der Waals surface area contributed by atoms with E-state index in [9.17, 15) is 4.79 Å². The van der Waals surface area contributed by atoms with Crippen molar-refractivity contribution in [2.45, 2.75) is 25.7 Å². The van der Waals surface area contributed by atoms with E-state index in [4.69, 9.17) is 27.6 Å². The third-order valence-electron chi connectivity index (χ3n) is 4.93. The van der Waals surface area contributed by atoms with Gasteiger partial charge in [-0.2, -0.15) is 0 Å². The van der Waals surface area contributed by atoms with E-state index in [0.29, 0.717) is 28.1 Å². The molecule has 1 aromatic heterocycles. The molecule has 0 unspecified atom stereocenters. The summed E-state index contributed by atoms with van der Waals surface area (Å²) in [6.45, 7) is 1.99. The van der Waals surface area contributed by atoms with Gasteiger partial charge in [0.15, 0.2) is 11.7 Å². The molecule has 0 radical (unpaired) electrons. The normalized spacial score (nSPS) is 13.7. The van der Waals surface area contributed by atoms with Crippen LogP contribution >= 0.6 is 23.2 Å². The number of nitrogens with zero attached hydrogens (tertiary/aromatic N) is 2. The molecular weight excluding hydrogens is 409 g/mol. The Balaban J connectivity index is 1.38. The minimum absolute atomic E-state index is 0.0982. The van der Waals surface area contributed by atoms with Crippen LogP contribution in [0.5, 0.6) is 0 Å². The lowest BCUT2D eigenvalue weighted by atomic mass is 10.2. The van der Waals surface area contributed by atoms with Crippen LogP contribution < -0.4 is 10.2 Å². The van der Waals surface area contributed by atoms with E-state index in [2.05, 4.69) is 15.2 Å². The van der Waals surface area contributed by atoms with Gasteiger partial charge in [-0.1, -0.05) is 23.2 Å². The van der Waals surface area contributed by atoms with Gasteiger partial charge in [0.05, 0.1) is 17.6 Å². The molecule has 0 spiro atoms. The van der Waals surface area contributed by atoms with Gasteiger partial charge in [0.25, 0.3) is 0 Å². The third-order valence-corrected chi connectivity index (χ3v) is 5.41. The van der Waals surface area contributed by atoms with E-state index in [1.54, 1.807) is 24.4 Å². The Hall–Kier alpha value is -2.50. The van der Waals surface area contributed by atoms with Gasteiger partial charge in [0.2, 0.25) is 5.91 Å². The molecule has 0 saturated carbocycles. The van der Waals surface area contributed by atoms with Gasteiger partial charge >= 0.3 is 0 Å². The fourth-order valence-corrected chi connectivity index (χ4v) is 3.75. The second-order valence-electron chi connectivity index (χ2n) is 7.03. The van der Waals surface area contributed by atoms with Crippen molar-refractivity contribution in [3.05, 3.63) is 64.6 Å². The number of halogens is 2. The highest BCUT2D eigenvalue weighted by atomic mass is 35.5. The summed E-state index contributed by atoms with van der Waals surface area (Å²) in [6, 6.07) is 13.0. The number of rotatable bonds is 6. The Morgan fingerprint density at radius 2 is 1.79 bits per heavy atom. The second kappa shape index (κ2) is 8.89. The lowest BCUT2D eigenvalue weighted by Gasteiger charge is -2.21. The standard InChI is InChI=1S/C22H21Cl2N3O2/c23-16-5-3-15(4-6-16)20-14-25-22(29-20)10-9-21(28)26-18-13-17(24)7-8-19(18)27-11-1-2-12-27/h3-8,13-14H,1-2,9-12H2,(H,26,28). The summed E-state index contributed by atoms with van der Waals surface area (Å²) < 4.78 is 5.77. The maximum absolute atomic E-state index is 12.5. The highest BCUT2D eigenvalue weighted by molar-refractivity contribution is 6.31. The molecule has 1 aliphatic heterocycles. The maximum atomic E-state index is 12.5. The number of hydrogen-bond acceptors (Lipinski definition) is 4. The quantitative estimate of drug-likeness (QED) is 0.536. The fraction of sp³-hybridized carbons (Fsp3) is 0.273. The number of aromatic nitrogens is 1. The summed E-state index contributed by atoms with van der Waals surface area (Å²) in [5, 5.41) is 4.26. The SMILES string of the molecule is O=C(CCc1ncc(-c2ccc(Cl)cc2)o1)Nc1cc(Cl)ccc1N1CCCC1. The van der Waals surface area contributed by atoms with Crippen LogP contribution in [0.3, 0.4) is 0 Å². The minimum atomic E-state index is -0.0982. The van der Waals surface area contributed by atoms with Crippen LogP contribution in [0, 0.1) is 0 Å². The van der Waals surface area contributed by atoms with E-state index < -0.39 is 0 Å². The number of carbonyl (C=O) groups is 1. The molecule has 4 rings (SSSR count). The van der Waals surface area contributed by atoms with E-state index >= 15 is 0 Å². The summed E-state index contributed by atoms with van der Waals surface area (Å²) in [5.41, 5.74) is 2.66. The second-order valence-corrected chi connectivity index (χ2v) is 7.90. The molecule has 0 aliphatic carbocycles. The van der Waals surface area contributed by atoms with Crippen LogP contribution in [0.4, 0.5) is 11.4 Å². The van der Waals surface area contributed by atoms with Crippen LogP contribution in [-0.2, 0) is 11.2 Å². The van der Waals surface area contributed by atoms with Crippen molar-refractivity contribution >= 4 is 40.5 Å². The van der Waals surface area contributed by atoms with Gasteiger partial charge < -0.3 is 14.6 Å². The molecule has 1 N–H and O–H groups in total. The Bertz CT molecular complexity index is 996. The summed E-state index contributed by atoms with van der Waals surface area (Å²) in [7, 11) is 0. The average molecular weight is 430 g/mol. The molecule has 0 bridgehead atoms. The monoisotopic (exact) mass is 429 g/mol. The van der Waals surface area contributed by atoms with E-state index in [-0.39, 0.29) is 12.3 Å². The van der Waals surface area contributed by atoms with Gasteiger partial charge in [-0.05, 0) is 55.3 Å². The predicted octanol–water partition coefficient (Wildman–Crippen LogP) is 5.82. The summed E-state index contributed by atoms with van der Waals surface area (Å²) in [6.07, 6.45) is 4.68. The Kier molecular flexibility index (Phi) is 6.07. The highest BCUT2D eigenvalue weighted by Gasteiger charge is 2.17. The first-order valence-electron chi connectivity index (χ1n) is 9.63. The molecule has 3 aromatic rings. The number of oxazole rings is 1. The number of anilines is 2. The zero-order valence-corrected chi connectivity index (χ0v) is 17.3. The van der Waals surface area contributed by atoms with Gasteiger partial charge in [-0.25, -0.2) is 4.98 Å². The van der Waals surface area contributed by atoms with Crippen LogP contribution in [0.1, 0.15) is 25.2 Å². The van der Waals surface area contributed by atoms with Crippen LogP contribution in [0.25, 0.3) is 11.3 Å². The van der Waals surface area contributed by atoms with E-state index in [0.717, 1.165) is 42.9 Å². The first-order valence-corrected chi connectivity index (χ1v) is 10.4. The van der Waals surface area contributed by atoms with Crippen LogP contribution in [0.15, 0.2) is 53.1 Å². The molecule has 1 saturated heterocycles. The van der Waals surface area contributed by atoms with E-state index in [1.807, 2.05) is 24.3 Å². The summed E-state index contributed by atoms with van der Waals surface area (Å²) in [4.78, 5) is 19.1. The third kappa shape index (κ3) is 4.92. The molecule has 1 amide bonds. The molecule has 5 nitrogen and oxygen atoms in total. The summed E-state index contributed by atoms with van der Waals surface area (Å²) in [5.74, 6) is 1.08. The largest absolute Gasteiger partial charge is 0.441 e. The topological polar surface area (TPSA) is 58.4 Å². The molecule has 150 valence electrons. The van der Waals surface area contributed by atoms with Crippen molar-refractivity contribution in [2.24, 2.45) is 0 Å². The Morgan fingerprint density at radius 3 is 2.55 bits per heavy atom. The first kappa shape index (κ1) is 19.8. The molecule has 0 atom stereocenters. The number of benzene rings is 2. The minimum Gasteiger partial charge on any atom is -0.441 e. The lowest BCUT2D eigenvalue weighted by molar-refractivity contribution is -0.116. The highest BCUT2D eigenvalue weighted by Crippen LogP contribution is 2.31. The summed E-state index contributed by atoms with van der Waals surface area (Å²) >= 11 is 12.1. The van der Waals surface area contributed by atoms with Crippen molar-refractivity contribution < 1.29 is 9.21 Å². The zero-order valence-electron chi connectivity index (χ0n) is 15.8. The van der Waals surface area contributed by atoms with Gasteiger partial charge in [0.1, 0.15) is 0 Å². The van der Waals surface area contributed by atoms with Crippen LogP contribution in [-0.4, -0.2) is 24.0 Å². The van der Waals surface area contributed by atoms with Crippen LogP contribution in [0.2, 0.25) is 10.0 Å². The smallest absolute Gasteiger partial charge is 0.224 e. The Morgan fingerprint density at radius 1 is 1.07 bits per heavy atom. The van der Waals surface area contributed by atoms with Gasteiger partial charge in [0, 0.05) is 41.5 Å². The number of nitrogens with one attached hydrogen (secondary N) is 1. The fourth-order valence-electron chi connectivity index (χ4n) is 3.45. The van der Waals surface area contributed by atoms with E-state index in [1.165, 1.54) is 0 Å². The Labute approximate surface area is 179 Å². The average Bonchev–Trinajstić information content (AvgIpc) is 3.39. The number of hydrogen-bond donors (Lipinski definition) is 1. The number of aryl methyl sites for hydroxylation is 1. The number of carbonyl (C=O) groups excluding carboxylic acids is 1. The maximum Gasteiger partial charge on any atom is 0.224 e. The first-order chi connectivity index (χ1) is 14.1. The molecule has 2 aromatic carbocycles. The number of amides is 1. The van der Waals surface area contributed by atoms with Gasteiger partial charge in [-0.15, -0.1) is 0 Å². The molecular formula is C22H21Cl2N3O2. The molecule has 29 heavy (non-hydrogen) atoms. The van der Waals surface area contributed by atoms with Crippen molar-refractivity contribution in [3.8, 4) is 11.3 Å². The molecule has 7 heteroatoms. The lowest BCUT2D eigenvalue weighted by Crippen LogP contribution is -2.21. The van der Waals surface area contributed by atoms with Crippen molar-refractivity contribution in [2.75, 3.05) is 23.3 Å².